The smallest absolute Gasteiger partial charge is 0.124 e. The first kappa shape index (κ1) is 14.2. The van der Waals surface area contributed by atoms with Crippen LogP contribution < -0.4 is 5.73 Å². The number of thiazole rings is 1. The Morgan fingerprint density at radius 3 is 2.63 bits per heavy atom. The summed E-state index contributed by atoms with van der Waals surface area (Å²) in [6.07, 6.45) is 0.914. The van der Waals surface area contributed by atoms with E-state index in [1.165, 1.54) is 12.1 Å². The van der Waals surface area contributed by atoms with E-state index in [-0.39, 0.29) is 5.82 Å². The van der Waals surface area contributed by atoms with Gasteiger partial charge in [-0.05, 0) is 43.0 Å². The lowest BCUT2D eigenvalue weighted by atomic mass is 10.1. The monoisotopic (exact) mass is 278 g/mol. The fourth-order valence-electron chi connectivity index (χ4n) is 2.07. The van der Waals surface area contributed by atoms with Crippen LogP contribution in [0.4, 0.5) is 4.39 Å². The molecule has 1 heterocycles. The molecule has 0 unspecified atom stereocenters. The van der Waals surface area contributed by atoms with Crippen molar-refractivity contribution in [1.29, 1.82) is 0 Å². The molecule has 0 bridgehead atoms. The Labute approximate surface area is 117 Å². The molecule has 0 radical (unpaired) electrons. The third kappa shape index (κ3) is 3.39. The molecular weight excluding hydrogens is 259 g/mol. The molecule has 1 aromatic carbocycles. The third-order valence-electron chi connectivity index (χ3n) is 2.85. The van der Waals surface area contributed by atoms with Crippen LogP contribution in [0, 0.1) is 18.7 Å². The van der Waals surface area contributed by atoms with E-state index in [2.05, 4.69) is 18.8 Å². The molecule has 0 fully saturated rings. The predicted molar refractivity (Wildman–Crippen MR) is 78.7 cm³/mol. The maximum absolute atomic E-state index is 13.5. The van der Waals surface area contributed by atoms with Gasteiger partial charge in [0.2, 0.25) is 0 Å². The zero-order chi connectivity index (χ0) is 14.0. The summed E-state index contributed by atoms with van der Waals surface area (Å²) in [5, 5.41) is 0.860. The Morgan fingerprint density at radius 2 is 2.05 bits per heavy atom. The lowest BCUT2D eigenvalue weighted by Gasteiger charge is -2.02. The molecule has 0 aliphatic rings. The van der Waals surface area contributed by atoms with Crippen molar-refractivity contribution in [2.75, 3.05) is 0 Å². The molecule has 4 heteroatoms. The second kappa shape index (κ2) is 5.80. The van der Waals surface area contributed by atoms with Crippen LogP contribution in [0.3, 0.4) is 0 Å². The number of nitrogens with two attached hydrogens (primary N) is 1. The van der Waals surface area contributed by atoms with Crippen molar-refractivity contribution in [2.24, 2.45) is 11.7 Å². The molecular formula is C15H19FN2S. The molecule has 0 atom stereocenters. The molecule has 0 aliphatic carbocycles. The summed E-state index contributed by atoms with van der Waals surface area (Å²) in [5.41, 5.74) is 8.58. The van der Waals surface area contributed by atoms with Gasteiger partial charge in [-0.25, -0.2) is 9.37 Å². The minimum absolute atomic E-state index is 0.218. The summed E-state index contributed by atoms with van der Waals surface area (Å²) in [6, 6.07) is 5.02. The van der Waals surface area contributed by atoms with Gasteiger partial charge in [0.25, 0.3) is 0 Å². The highest BCUT2D eigenvalue weighted by Crippen LogP contribution is 2.30. The minimum atomic E-state index is -0.218. The third-order valence-corrected chi connectivity index (χ3v) is 4.02. The van der Waals surface area contributed by atoms with E-state index in [9.17, 15) is 4.39 Å². The van der Waals surface area contributed by atoms with Crippen LogP contribution in [-0.2, 0) is 13.0 Å². The summed E-state index contributed by atoms with van der Waals surface area (Å²) in [7, 11) is 0. The number of benzene rings is 1. The molecule has 0 saturated carbocycles. The van der Waals surface area contributed by atoms with Crippen molar-refractivity contribution in [1.82, 2.24) is 4.98 Å². The first-order valence-electron chi connectivity index (χ1n) is 6.45. The van der Waals surface area contributed by atoms with E-state index in [4.69, 9.17) is 5.73 Å². The first-order valence-corrected chi connectivity index (χ1v) is 7.27. The van der Waals surface area contributed by atoms with Gasteiger partial charge in [0, 0.05) is 17.0 Å². The molecule has 102 valence electrons. The van der Waals surface area contributed by atoms with Crippen molar-refractivity contribution in [3.05, 3.63) is 40.2 Å². The number of hydrogen-bond acceptors (Lipinski definition) is 3. The summed E-state index contributed by atoms with van der Waals surface area (Å²) in [5.74, 6) is 0.319. The van der Waals surface area contributed by atoms with Gasteiger partial charge in [-0.1, -0.05) is 13.8 Å². The second-order valence-electron chi connectivity index (χ2n) is 5.21. The zero-order valence-electron chi connectivity index (χ0n) is 11.5. The van der Waals surface area contributed by atoms with Gasteiger partial charge in [-0.15, -0.1) is 11.3 Å². The molecule has 2 nitrogen and oxygen atoms in total. The number of nitrogens with zero attached hydrogens (tertiary/aromatic N) is 1. The lowest BCUT2D eigenvalue weighted by Crippen LogP contribution is -2.01. The Kier molecular flexibility index (Phi) is 4.32. The summed E-state index contributed by atoms with van der Waals surface area (Å²) < 4.78 is 13.5. The Balaban J connectivity index is 2.42. The van der Waals surface area contributed by atoms with Crippen LogP contribution in [0.25, 0.3) is 10.6 Å². The molecule has 1 aromatic heterocycles. The zero-order valence-corrected chi connectivity index (χ0v) is 12.4. The summed E-state index contributed by atoms with van der Waals surface area (Å²) in [4.78, 5) is 5.75. The average Bonchev–Trinajstić information content (AvgIpc) is 2.70. The Morgan fingerprint density at radius 1 is 1.32 bits per heavy atom. The van der Waals surface area contributed by atoms with E-state index in [1.807, 2.05) is 13.0 Å². The van der Waals surface area contributed by atoms with Crippen molar-refractivity contribution in [2.45, 2.75) is 33.7 Å². The van der Waals surface area contributed by atoms with Crippen molar-refractivity contribution >= 4 is 11.3 Å². The van der Waals surface area contributed by atoms with Crippen LogP contribution in [0.2, 0.25) is 0 Å². The van der Waals surface area contributed by atoms with Crippen molar-refractivity contribution < 1.29 is 4.39 Å². The minimum Gasteiger partial charge on any atom is -0.326 e. The van der Waals surface area contributed by atoms with Crippen molar-refractivity contribution in [3.8, 4) is 10.6 Å². The van der Waals surface area contributed by atoms with Crippen LogP contribution in [0.15, 0.2) is 18.2 Å². The lowest BCUT2D eigenvalue weighted by molar-refractivity contribution is 0.626. The van der Waals surface area contributed by atoms with Gasteiger partial charge < -0.3 is 5.73 Å². The molecule has 19 heavy (non-hydrogen) atoms. The van der Waals surface area contributed by atoms with Gasteiger partial charge in [0.15, 0.2) is 0 Å². The SMILES string of the molecule is Cc1cc(F)cc(-c2nc(CC(C)C)c(CN)s2)c1. The van der Waals surface area contributed by atoms with E-state index in [1.54, 1.807) is 11.3 Å². The van der Waals surface area contributed by atoms with Crippen LogP contribution >= 0.6 is 11.3 Å². The topological polar surface area (TPSA) is 38.9 Å². The fourth-order valence-corrected chi connectivity index (χ4v) is 3.03. The number of aromatic nitrogens is 1. The molecule has 2 aromatic rings. The predicted octanol–water partition coefficient (Wildman–Crippen LogP) is 3.91. The molecule has 0 aliphatic heterocycles. The maximum Gasteiger partial charge on any atom is 0.124 e. The number of hydrogen-bond donors (Lipinski definition) is 1. The van der Waals surface area contributed by atoms with E-state index < -0.39 is 0 Å². The summed E-state index contributed by atoms with van der Waals surface area (Å²) >= 11 is 1.57. The maximum atomic E-state index is 13.5. The second-order valence-corrected chi connectivity index (χ2v) is 6.29. The van der Waals surface area contributed by atoms with E-state index in [0.717, 1.165) is 33.1 Å². The van der Waals surface area contributed by atoms with Crippen LogP contribution in [0.1, 0.15) is 30.0 Å². The highest BCUT2D eigenvalue weighted by Gasteiger charge is 2.13. The molecule has 0 spiro atoms. The van der Waals surface area contributed by atoms with E-state index in [0.29, 0.717) is 12.5 Å². The van der Waals surface area contributed by atoms with Crippen LogP contribution in [0.5, 0.6) is 0 Å². The average molecular weight is 278 g/mol. The number of rotatable bonds is 4. The highest BCUT2D eigenvalue weighted by molar-refractivity contribution is 7.15. The molecule has 0 amide bonds. The Bertz CT molecular complexity index is 555. The molecule has 2 rings (SSSR count). The van der Waals surface area contributed by atoms with Crippen molar-refractivity contribution in [3.63, 3.8) is 0 Å². The standard InChI is InChI=1S/C15H19FN2S/c1-9(2)4-13-14(8-17)19-15(18-13)11-5-10(3)6-12(16)7-11/h5-7,9H,4,8,17H2,1-3H3. The first-order chi connectivity index (χ1) is 8.99. The van der Waals surface area contributed by atoms with Gasteiger partial charge in [0.05, 0.1) is 5.69 Å². The van der Waals surface area contributed by atoms with Gasteiger partial charge in [-0.3, -0.25) is 0 Å². The number of halogens is 1. The van der Waals surface area contributed by atoms with Gasteiger partial charge >= 0.3 is 0 Å². The summed E-state index contributed by atoms with van der Waals surface area (Å²) in [6.45, 7) is 6.70. The fraction of sp³-hybridized carbons (Fsp3) is 0.400. The largest absolute Gasteiger partial charge is 0.326 e. The van der Waals surface area contributed by atoms with E-state index >= 15 is 0 Å². The normalized spacial score (nSPS) is 11.3. The van der Waals surface area contributed by atoms with Crippen LogP contribution in [-0.4, -0.2) is 4.98 Å². The number of aryl methyl sites for hydroxylation is 1. The van der Waals surface area contributed by atoms with Gasteiger partial charge in [-0.2, -0.15) is 0 Å². The molecule has 2 N–H and O–H groups in total. The van der Waals surface area contributed by atoms with Gasteiger partial charge in [0.1, 0.15) is 10.8 Å². The molecule has 0 saturated heterocycles. The highest BCUT2D eigenvalue weighted by atomic mass is 32.1. The Hall–Kier alpha value is -1.26. The quantitative estimate of drug-likeness (QED) is 0.920.